The Morgan fingerprint density at radius 2 is 2.11 bits per heavy atom. The average Bonchev–Trinajstić information content (AvgIpc) is 2.71. The van der Waals surface area contributed by atoms with Gasteiger partial charge in [0, 0.05) is 13.0 Å². The Labute approximate surface area is 107 Å². The van der Waals surface area contributed by atoms with E-state index in [1.807, 2.05) is 0 Å². The molecule has 19 heavy (non-hydrogen) atoms. The highest BCUT2D eigenvalue weighted by atomic mass is 19.3. The van der Waals surface area contributed by atoms with E-state index < -0.39 is 24.4 Å². The minimum atomic E-state index is -3.01. The van der Waals surface area contributed by atoms with E-state index in [4.69, 9.17) is 5.11 Å². The third-order valence-electron chi connectivity index (χ3n) is 2.85. The van der Waals surface area contributed by atoms with Crippen LogP contribution in [0.15, 0.2) is 24.3 Å². The maximum atomic E-state index is 12.3. The molecule has 1 atom stereocenters. The number of carboxylic acids is 1. The summed E-state index contributed by atoms with van der Waals surface area (Å²) in [5, 5.41) is 8.88. The van der Waals surface area contributed by atoms with Crippen molar-refractivity contribution >= 4 is 17.6 Å². The van der Waals surface area contributed by atoms with Gasteiger partial charge in [0.05, 0.1) is 11.6 Å². The topological polar surface area (TPSA) is 66.8 Å². The number of carbonyl (C=O) groups excluding carboxylic acids is 1. The number of halogens is 2. The van der Waals surface area contributed by atoms with Crippen LogP contribution in [0.3, 0.4) is 0 Å². The maximum Gasteiger partial charge on any atom is 0.387 e. The van der Waals surface area contributed by atoms with Crippen LogP contribution in [0.25, 0.3) is 0 Å². The summed E-state index contributed by atoms with van der Waals surface area (Å²) in [5.41, 5.74) is 0.163. The van der Waals surface area contributed by atoms with E-state index in [1.165, 1.54) is 18.2 Å². The SMILES string of the molecule is O=C(O)C1CC(=O)N(c2ccccc2OC(F)F)C1. The number of anilines is 1. The summed E-state index contributed by atoms with van der Waals surface area (Å²) < 4.78 is 28.9. The number of alkyl halides is 2. The fourth-order valence-electron chi connectivity index (χ4n) is 1.98. The number of amides is 1. The zero-order valence-electron chi connectivity index (χ0n) is 9.75. The Bertz CT molecular complexity index is 506. The number of benzene rings is 1. The molecule has 1 unspecified atom stereocenters. The van der Waals surface area contributed by atoms with Crippen LogP contribution >= 0.6 is 0 Å². The second-order valence-electron chi connectivity index (χ2n) is 4.09. The number of aliphatic carboxylic acids is 1. The fourth-order valence-corrected chi connectivity index (χ4v) is 1.98. The number of carboxylic acid groups (broad SMARTS) is 1. The Morgan fingerprint density at radius 3 is 2.68 bits per heavy atom. The summed E-state index contributed by atoms with van der Waals surface area (Å²) in [4.78, 5) is 23.8. The summed E-state index contributed by atoms with van der Waals surface area (Å²) in [5.74, 6) is -2.47. The molecule has 1 amide bonds. The van der Waals surface area contributed by atoms with E-state index in [-0.39, 0.29) is 24.4 Å². The van der Waals surface area contributed by atoms with Gasteiger partial charge in [-0.2, -0.15) is 8.78 Å². The Hall–Kier alpha value is -2.18. The lowest BCUT2D eigenvalue weighted by atomic mass is 10.1. The molecule has 1 aromatic carbocycles. The van der Waals surface area contributed by atoms with Gasteiger partial charge in [-0.25, -0.2) is 0 Å². The first-order chi connectivity index (χ1) is 8.99. The van der Waals surface area contributed by atoms with Gasteiger partial charge in [0.1, 0.15) is 5.75 Å². The number of nitrogens with zero attached hydrogens (tertiary/aromatic N) is 1. The predicted molar refractivity (Wildman–Crippen MR) is 61.2 cm³/mol. The van der Waals surface area contributed by atoms with Crippen LogP contribution < -0.4 is 9.64 Å². The molecule has 7 heteroatoms. The predicted octanol–water partition coefficient (Wildman–Crippen LogP) is 1.73. The molecular formula is C12H11F2NO4. The molecule has 0 radical (unpaired) electrons. The molecule has 1 heterocycles. The van der Waals surface area contributed by atoms with Crippen molar-refractivity contribution in [3.63, 3.8) is 0 Å². The number of rotatable bonds is 4. The van der Waals surface area contributed by atoms with Crippen molar-refractivity contribution in [2.75, 3.05) is 11.4 Å². The molecular weight excluding hydrogens is 260 g/mol. The van der Waals surface area contributed by atoms with Crippen LogP contribution in [0.2, 0.25) is 0 Å². The minimum absolute atomic E-state index is 0.0439. The molecule has 0 bridgehead atoms. The fraction of sp³-hybridized carbons (Fsp3) is 0.333. The Morgan fingerprint density at radius 1 is 1.42 bits per heavy atom. The first-order valence-electron chi connectivity index (χ1n) is 5.56. The van der Waals surface area contributed by atoms with Crippen LogP contribution in [-0.2, 0) is 9.59 Å². The van der Waals surface area contributed by atoms with Crippen LogP contribution in [0.4, 0.5) is 14.5 Å². The third-order valence-corrected chi connectivity index (χ3v) is 2.85. The molecule has 0 spiro atoms. The molecule has 1 saturated heterocycles. The third kappa shape index (κ3) is 2.81. The summed E-state index contributed by atoms with van der Waals surface area (Å²) in [6, 6.07) is 5.81. The van der Waals surface area contributed by atoms with Crippen molar-refractivity contribution in [2.24, 2.45) is 5.92 Å². The lowest BCUT2D eigenvalue weighted by molar-refractivity contribution is -0.141. The van der Waals surface area contributed by atoms with E-state index in [1.54, 1.807) is 6.07 Å². The van der Waals surface area contributed by atoms with Gasteiger partial charge in [0.25, 0.3) is 0 Å². The van der Waals surface area contributed by atoms with Crippen molar-refractivity contribution in [1.82, 2.24) is 0 Å². The number of hydrogen-bond donors (Lipinski definition) is 1. The summed E-state index contributed by atoms with van der Waals surface area (Å²) in [7, 11) is 0. The number of para-hydroxylation sites is 2. The van der Waals surface area contributed by atoms with Crippen molar-refractivity contribution in [3.8, 4) is 5.75 Å². The van der Waals surface area contributed by atoms with Gasteiger partial charge in [-0.05, 0) is 12.1 Å². The molecule has 0 aliphatic carbocycles. The van der Waals surface area contributed by atoms with Crippen molar-refractivity contribution in [2.45, 2.75) is 13.0 Å². The van der Waals surface area contributed by atoms with Gasteiger partial charge >= 0.3 is 12.6 Å². The average molecular weight is 271 g/mol. The number of carbonyl (C=O) groups is 2. The van der Waals surface area contributed by atoms with Gasteiger partial charge in [-0.1, -0.05) is 12.1 Å². The molecule has 102 valence electrons. The number of hydrogen-bond acceptors (Lipinski definition) is 3. The zero-order chi connectivity index (χ0) is 14.0. The van der Waals surface area contributed by atoms with Gasteiger partial charge in [-0.3, -0.25) is 9.59 Å². The van der Waals surface area contributed by atoms with Crippen molar-refractivity contribution in [3.05, 3.63) is 24.3 Å². The van der Waals surface area contributed by atoms with Crippen molar-refractivity contribution in [1.29, 1.82) is 0 Å². The Kier molecular flexibility index (Phi) is 3.64. The van der Waals surface area contributed by atoms with E-state index in [0.717, 1.165) is 4.90 Å². The van der Waals surface area contributed by atoms with E-state index in [2.05, 4.69) is 4.74 Å². The first kappa shape index (κ1) is 13.3. The zero-order valence-corrected chi connectivity index (χ0v) is 9.75. The normalized spacial score (nSPS) is 19.0. The molecule has 1 N–H and O–H groups in total. The van der Waals surface area contributed by atoms with Gasteiger partial charge in [0.2, 0.25) is 5.91 Å². The van der Waals surface area contributed by atoms with E-state index >= 15 is 0 Å². The van der Waals surface area contributed by atoms with Crippen molar-refractivity contribution < 1.29 is 28.2 Å². The standard InChI is InChI=1S/C12H11F2NO4/c13-12(14)19-9-4-2-1-3-8(9)15-6-7(11(17)18)5-10(15)16/h1-4,7,12H,5-6H2,(H,17,18). The highest BCUT2D eigenvalue weighted by Crippen LogP contribution is 2.33. The highest BCUT2D eigenvalue weighted by Gasteiger charge is 2.36. The summed E-state index contributed by atoms with van der Waals surface area (Å²) >= 11 is 0. The van der Waals surface area contributed by atoms with Gasteiger partial charge in [0.15, 0.2) is 0 Å². The van der Waals surface area contributed by atoms with Gasteiger partial charge < -0.3 is 14.7 Å². The molecule has 1 aromatic rings. The minimum Gasteiger partial charge on any atom is -0.481 e. The molecule has 0 saturated carbocycles. The lowest BCUT2D eigenvalue weighted by Gasteiger charge is -2.19. The van der Waals surface area contributed by atoms with E-state index in [9.17, 15) is 18.4 Å². The number of ether oxygens (including phenoxy) is 1. The quantitative estimate of drug-likeness (QED) is 0.905. The lowest BCUT2D eigenvalue weighted by Crippen LogP contribution is -2.26. The molecule has 1 fully saturated rings. The second kappa shape index (κ2) is 5.21. The Balaban J connectivity index is 2.27. The second-order valence-corrected chi connectivity index (χ2v) is 4.09. The van der Waals surface area contributed by atoms with Crippen LogP contribution in [0.1, 0.15) is 6.42 Å². The first-order valence-corrected chi connectivity index (χ1v) is 5.56. The molecule has 2 rings (SSSR count). The molecule has 5 nitrogen and oxygen atoms in total. The van der Waals surface area contributed by atoms with Crippen LogP contribution in [-0.4, -0.2) is 30.1 Å². The van der Waals surface area contributed by atoms with E-state index in [0.29, 0.717) is 0 Å². The maximum absolute atomic E-state index is 12.3. The van der Waals surface area contributed by atoms with Crippen LogP contribution in [0.5, 0.6) is 5.75 Å². The van der Waals surface area contributed by atoms with Gasteiger partial charge in [-0.15, -0.1) is 0 Å². The monoisotopic (exact) mass is 271 g/mol. The highest BCUT2D eigenvalue weighted by molar-refractivity contribution is 6.00. The summed E-state index contributed by atoms with van der Waals surface area (Å²) in [6.07, 6.45) is -0.141. The molecule has 1 aliphatic heterocycles. The molecule has 1 aliphatic rings. The van der Waals surface area contributed by atoms with Crippen LogP contribution in [0, 0.1) is 5.92 Å². The summed E-state index contributed by atoms with van der Waals surface area (Å²) in [6.45, 7) is -3.05. The molecule has 0 aromatic heterocycles. The smallest absolute Gasteiger partial charge is 0.387 e. The largest absolute Gasteiger partial charge is 0.481 e.